The summed E-state index contributed by atoms with van der Waals surface area (Å²) in [6.07, 6.45) is 0.724. The predicted octanol–water partition coefficient (Wildman–Crippen LogP) is 0.451. The molecule has 0 heterocycles. The number of aliphatic hydroxyl groups is 1. The van der Waals surface area contributed by atoms with E-state index in [1.165, 1.54) is 7.11 Å². The zero-order valence-electron chi connectivity index (χ0n) is 11.0. The van der Waals surface area contributed by atoms with Crippen LogP contribution in [0.15, 0.2) is 30.3 Å². The lowest BCUT2D eigenvalue weighted by molar-refractivity contribution is -0.140. The first kappa shape index (κ1) is 17.9. The first-order valence-electron chi connectivity index (χ1n) is 5.88. The number of halogens is 1. The van der Waals surface area contributed by atoms with Crippen molar-refractivity contribution in [2.75, 3.05) is 20.3 Å². The summed E-state index contributed by atoms with van der Waals surface area (Å²) in [5.74, 6) is -0.574. The van der Waals surface area contributed by atoms with E-state index in [1.54, 1.807) is 0 Å². The molecule has 6 heteroatoms. The number of carbonyl (C=O) groups excluding carboxylic acids is 1. The van der Waals surface area contributed by atoms with Crippen LogP contribution in [0.3, 0.4) is 0 Å². The minimum absolute atomic E-state index is 0. The number of rotatable bonds is 7. The average Bonchev–Trinajstić information content (AvgIpc) is 2.38. The number of hydrogen-bond donors (Lipinski definition) is 3. The van der Waals surface area contributed by atoms with E-state index < -0.39 is 11.6 Å². The summed E-state index contributed by atoms with van der Waals surface area (Å²) >= 11 is 0. The van der Waals surface area contributed by atoms with Crippen molar-refractivity contribution in [2.45, 2.75) is 18.6 Å². The van der Waals surface area contributed by atoms with E-state index in [4.69, 9.17) is 10.5 Å². The van der Waals surface area contributed by atoms with Gasteiger partial charge in [0, 0.05) is 20.1 Å². The standard InChI is InChI=1S/C13H20N2O3.ClH/c1-18-10-9-15-12(16)13(14,17)8-7-11-5-3-2-4-6-11;/h2-6,17H,7-10,14H2,1H3,(H,15,16);1H. The fourth-order valence-corrected chi connectivity index (χ4v) is 1.51. The zero-order valence-corrected chi connectivity index (χ0v) is 11.8. The SMILES string of the molecule is COCCNC(=O)C(N)(O)CCc1ccccc1.Cl. The van der Waals surface area contributed by atoms with Gasteiger partial charge in [-0.1, -0.05) is 30.3 Å². The molecule has 108 valence electrons. The Morgan fingerprint density at radius 3 is 2.63 bits per heavy atom. The monoisotopic (exact) mass is 288 g/mol. The van der Waals surface area contributed by atoms with Gasteiger partial charge in [-0.05, 0) is 12.0 Å². The molecule has 0 saturated heterocycles. The van der Waals surface area contributed by atoms with Crippen LogP contribution in [0.5, 0.6) is 0 Å². The highest BCUT2D eigenvalue weighted by Crippen LogP contribution is 2.09. The van der Waals surface area contributed by atoms with Gasteiger partial charge in [0.1, 0.15) is 0 Å². The summed E-state index contributed by atoms with van der Waals surface area (Å²) in [5, 5.41) is 12.4. The third kappa shape index (κ3) is 6.54. The van der Waals surface area contributed by atoms with Crippen molar-refractivity contribution in [3.63, 3.8) is 0 Å². The van der Waals surface area contributed by atoms with Crippen LogP contribution in [-0.2, 0) is 16.0 Å². The smallest absolute Gasteiger partial charge is 0.267 e. The van der Waals surface area contributed by atoms with Gasteiger partial charge in [0.15, 0.2) is 5.72 Å². The van der Waals surface area contributed by atoms with Gasteiger partial charge in [0.2, 0.25) is 0 Å². The Labute approximate surface area is 119 Å². The molecule has 0 aliphatic rings. The molecule has 0 bridgehead atoms. The van der Waals surface area contributed by atoms with Crippen LogP contribution in [0.4, 0.5) is 0 Å². The van der Waals surface area contributed by atoms with Crippen molar-refractivity contribution in [2.24, 2.45) is 5.73 Å². The Kier molecular flexibility index (Phi) is 8.34. The van der Waals surface area contributed by atoms with Crippen LogP contribution in [0.2, 0.25) is 0 Å². The molecule has 1 amide bonds. The second-order valence-electron chi connectivity index (χ2n) is 4.16. The first-order valence-corrected chi connectivity index (χ1v) is 5.88. The topological polar surface area (TPSA) is 84.6 Å². The second-order valence-corrected chi connectivity index (χ2v) is 4.16. The fraction of sp³-hybridized carbons (Fsp3) is 0.462. The van der Waals surface area contributed by atoms with E-state index in [1.807, 2.05) is 30.3 Å². The molecule has 5 nitrogen and oxygen atoms in total. The van der Waals surface area contributed by atoms with Crippen molar-refractivity contribution >= 4 is 18.3 Å². The highest BCUT2D eigenvalue weighted by molar-refractivity contribution is 5.85. The highest BCUT2D eigenvalue weighted by atomic mass is 35.5. The van der Waals surface area contributed by atoms with Gasteiger partial charge in [0.25, 0.3) is 5.91 Å². The summed E-state index contributed by atoms with van der Waals surface area (Å²) in [7, 11) is 1.54. The minimum atomic E-state index is -1.84. The summed E-state index contributed by atoms with van der Waals surface area (Å²) in [6, 6.07) is 9.58. The summed E-state index contributed by atoms with van der Waals surface area (Å²) in [4.78, 5) is 11.6. The molecule has 0 aliphatic heterocycles. The molecule has 0 saturated carbocycles. The maximum absolute atomic E-state index is 11.6. The quantitative estimate of drug-likeness (QED) is 0.502. The van der Waals surface area contributed by atoms with Gasteiger partial charge < -0.3 is 15.2 Å². The minimum Gasteiger partial charge on any atom is -0.383 e. The zero-order chi connectivity index (χ0) is 13.4. The summed E-state index contributed by atoms with van der Waals surface area (Å²) in [6.45, 7) is 0.723. The van der Waals surface area contributed by atoms with E-state index in [-0.39, 0.29) is 18.8 Å². The van der Waals surface area contributed by atoms with Crippen molar-refractivity contribution < 1.29 is 14.6 Å². The average molecular weight is 289 g/mol. The first-order chi connectivity index (χ1) is 8.56. The van der Waals surface area contributed by atoms with Gasteiger partial charge in [-0.2, -0.15) is 0 Å². The molecule has 19 heavy (non-hydrogen) atoms. The van der Waals surface area contributed by atoms with E-state index in [9.17, 15) is 9.90 Å². The van der Waals surface area contributed by atoms with Crippen LogP contribution in [0.1, 0.15) is 12.0 Å². The van der Waals surface area contributed by atoms with Crippen molar-refractivity contribution in [1.82, 2.24) is 5.32 Å². The van der Waals surface area contributed by atoms with Gasteiger partial charge in [-0.3, -0.25) is 10.5 Å². The number of nitrogens with one attached hydrogen (secondary N) is 1. The van der Waals surface area contributed by atoms with E-state index in [2.05, 4.69) is 5.32 Å². The molecule has 1 unspecified atom stereocenters. The van der Waals surface area contributed by atoms with Crippen LogP contribution < -0.4 is 11.1 Å². The van der Waals surface area contributed by atoms with E-state index in [0.717, 1.165) is 5.56 Å². The third-order valence-corrected chi connectivity index (χ3v) is 2.62. The largest absolute Gasteiger partial charge is 0.383 e. The van der Waals surface area contributed by atoms with Gasteiger partial charge in [-0.15, -0.1) is 12.4 Å². The van der Waals surface area contributed by atoms with Crippen LogP contribution in [0.25, 0.3) is 0 Å². The molecule has 1 aromatic carbocycles. The summed E-state index contributed by atoms with van der Waals surface area (Å²) < 4.78 is 4.80. The van der Waals surface area contributed by atoms with E-state index in [0.29, 0.717) is 19.6 Å². The number of carbonyl (C=O) groups is 1. The number of hydrogen-bond acceptors (Lipinski definition) is 4. The fourth-order valence-electron chi connectivity index (χ4n) is 1.51. The maximum Gasteiger partial charge on any atom is 0.267 e. The van der Waals surface area contributed by atoms with Crippen molar-refractivity contribution in [3.8, 4) is 0 Å². The Morgan fingerprint density at radius 2 is 2.05 bits per heavy atom. The molecular weight excluding hydrogens is 268 g/mol. The highest BCUT2D eigenvalue weighted by Gasteiger charge is 2.30. The predicted molar refractivity (Wildman–Crippen MR) is 76.0 cm³/mol. The number of methoxy groups -OCH3 is 1. The molecule has 4 N–H and O–H groups in total. The Bertz CT molecular complexity index is 371. The van der Waals surface area contributed by atoms with Crippen molar-refractivity contribution in [3.05, 3.63) is 35.9 Å². The lowest BCUT2D eigenvalue weighted by atomic mass is 10.0. The van der Waals surface area contributed by atoms with Crippen LogP contribution >= 0.6 is 12.4 Å². The second kappa shape index (κ2) is 8.87. The molecule has 0 radical (unpaired) electrons. The van der Waals surface area contributed by atoms with Crippen LogP contribution in [0, 0.1) is 0 Å². The Morgan fingerprint density at radius 1 is 1.42 bits per heavy atom. The molecule has 0 aromatic heterocycles. The number of aryl methyl sites for hydroxylation is 1. The van der Waals surface area contributed by atoms with Gasteiger partial charge in [-0.25, -0.2) is 0 Å². The maximum atomic E-state index is 11.6. The molecule has 1 atom stereocenters. The molecule has 1 aromatic rings. The third-order valence-electron chi connectivity index (χ3n) is 2.62. The normalized spacial score (nSPS) is 13.2. The number of nitrogens with two attached hydrogens (primary N) is 1. The van der Waals surface area contributed by atoms with Crippen molar-refractivity contribution in [1.29, 1.82) is 0 Å². The van der Waals surface area contributed by atoms with Gasteiger partial charge >= 0.3 is 0 Å². The lowest BCUT2D eigenvalue weighted by Gasteiger charge is -2.22. The molecule has 1 rings (SSSR count). The molecule has 0 fully saturated rings. The number of ether oxygens (including phenoxy) is 1. The van der Waals surface area contributed by atoms with Gasteiger partial charge in [0.05, 0.1) is 6.61 Å². The Balaban J connectivity index is 0.00000324. The molecule has 0 spiro atoms. The summed E-state index contributed by atoms with van der Waals surface area (Å²) in [5.41, 5.74) is 4.78. The van der Waals surface area contributed by atoms with E-state index >= 15 is 0 Å². The molecule has 0 aliphatic carbocycles. The number of amides is 1. The number of benzene rings is 1. The Hall–Kier alpha value is -1.14. The van der Waals surface area contributed by atoms with Crippen LogP contribution in [-0.4, -0.2) is 37.0 Å². The molecular formula is C13H21ClN2O3. The lowest BCUT2D eigenvalue weighted by Crippen LogP contribution is -2.54.